The molecule has 5 rings (SSSR count). The van der Waals surface area contributed by atoms with Gasteiger partial charge in [0.25, 0.3) is 0 Å². The number of aryl methyl sites for hydroxylation is 1. The maximum atomic E-state index is 12.6. The number of aliphatic carboxylic acids is 1. The van der Waals surface area contributed by atoms with Crippen molar-refractivity contribution in [3.63, 3.8) is 0 Å². The first-order valence-electron chi connectivity index (χ1n) is 9.66. The SMILES string of the molecule is CC(O)C1C(=O)N2C(C(=O)O)=C3c4ccc(-c5ccccc5)cc4CC[C@@H]3C12. The first-order valence-corrected chi connectivity index (χ1v) is 9.66. The molecule has 1 fully saturated rings. The van der Waals surface area contributed by atoms with Gasteiger partial charge >= 0.3 is 5.97 Å². The van der Waals surface area contributed by atoms with Crippen LogP contribution in [0.2, 0.25) is 0 Å². The quantitative estimate of drug-likeness (QED) is 0.809. The second kappa shape index (κ2) is 6.04. The van der Waals surface area contributed by atoms with E-state index >= 15 is 0 Å². The molecule has 2 N–H and O–H groups in total. The van der Waals surface area contributed by atoms with Gasteiger partial charge in [-0.15, -0.1) is 0 Å². The Hall–Kier alpha value is -2.92. The molecular formula is C23H21NO4. The summed E-state index contributed by atoms with van der Waals surface area (Å²) in [5.41, 5.74) is 5.14. The van der Waals surface area contributed by atoms with Crippen LogP contribution in [0.3, 0.4) is 0 Å². The van der Waals surface area contributed by atoms with Gasteiger partial charge in [0, 0.05) is 5.92 Å². The van der Waals surface area contributed by atoms with Crippen molar-refractivity contribution in [3.8, 4) is 11.1 Å². The van der Waals surface area contributed by atoms with Crippen molar-refractivity contribution in [2.24, 2.45) is 11.8 Å². The molecule has 3 aliphatic rings. The zero-order chi connectivity index (χ0) is 19.6. The van der Waals surface area contributed by atoms with Gasteiger partial charge in [-0.25, -0.2) is 4.79 Å². The molecule has 0 saturated carbocycles. The summed E-state index contributed by atoms with van der Waals surface area (Å²) in [6.45, 7) is 1.61. The van der Waals surface area contributed by atoms with Crippen molar-refractivity contribution in [2.75, 3.05) is 0 Å². The van der Waals surface area contributed by atoms with Crippen molar-refractivity contribution < 1.29 is 19.8 Å². The van der Waals surface area contributed by atoms with Gasteiger partial charge in [0.1, 0.15) is 5.70 Å². The number of carboxylic acid groups (broad SMARTS) is 1. The zero-order valence-corrected chi connectivity index (χ0v) is 15.5. The minimum atomic E-state index is -1.07. The lowest BCUT2D eigenvalue weighted by Gasteiger charge is -2.47. The fourth-order valence-corrected chi connectivity index (χ4v) is 5.23. The van der Waals surface area contributed by atoms with Gasteiger partial charge in [-0.1, -0.05) is 48.5 Å². The largest absolute Gasteiger partial charge is 0.477 e. The van der Waals surface area contributed by atoms with E-state index in [4.69, 9.17) is 0 Å². The van der Waals surface area contributed by atoms with Crippen LogP contribution in [0.25, 0.3) is 16.7 Å². The fourth-order valence-electron chi connectivity index (χ4n) is 5.23. The molecule has 2 aromatic rings. The van der Waals surface area contributed by atoms with Crippen LogP contribution in [0.5, 0.6) is 0 Å². The van der Waals surface area contributed by atoms with Crippen LogP contribution >= 0.6 is 0 Å². The van der Waals surface area contributed by atoms with Gasteiger partial charge < -0.3 is 15.1 Å². The van der Waals surface area contributed by atoms with Gasteiger partial charge in [0.2, 0.25) is 5.91 Å². The number of aliphatic hydroxyl groups is 1. The standard InChI is InChI=1S/C23H21NO4/c1-12(25)18-20-17-10-8-15-11-14(13-5-3-2-4-6-13)7-9-16(15)19(17)21(23(27)28)24(20)22(18)26/h2-7,9,11-12,17-18,20,25H,8,10H2,1H3,(H,27,28)/t12?,17-,18?,20?/m0/s1. The van der Waals surface area contributed by atoms with E-state index in [1.165, 1.54) is 4.90 Å². The lowest BCUT2D eigenvalue weighted by molar-refractivity contribution is -0.163. The number of benzene rings is 2. The number of fused-ring (bicyclic) bond motifs is 5. The summed E-state index contributed by atoms with van der Waals surface area (Å²) in [7, 11) is 0. The fraction of sp³-hybridized carbons (Fsp3) is 0.304. The lowest BCUT2D eigenvalue weighted by atomic mass is 9.70. The van der Waals surface area contributed by atoms with E-state index in [9.17, 15) is 19.8 Å². The average molecular weight is 375 g/mol. The number of aliphatic hydroxyl groups excluding tert-OH is 1. The first kappa shape index (κ1) is 17.2. The van der Waals surface area contributed by atoms with E-state index < -0.39 is 18.0 Å². The van der Waals surface area contributed by atoms with E-state index in [0.29, 0.717) is 0 Å². The molecule has 0 spiro atoms. The highest BCUT2D eigenvalue weighted by Gasteiger charge is 2.61. The highest BCUT2D eigenvalue weighted by molar-refractivity contribution is 6.07. The van der Waals surface area contributed by atoms with E-state index in [1.54, 1.807) is 6.92 Å². The van der Waals surface area contributed by atoms with Gasteiger partial charge in [-0.2, -0.15) is 0 Å². The van der Waals surface area contributed by atoms with Crippen LogP contribution in [0.4, 0.5) is 0 Å². The van der Waals surface area contributed by atoms with Crippen molar-refractivity contribution in [2.45, 2.75) is 31.9 Å². The Balaban J connectivity index is 1.62. The number of hydrogen-bond donors (Lipinski definition) is 2. The molecular weight excluding hydrogens is 354 g/mol. The Morgan fingerprint density at radius 2 is 1.89 bits per heavy atom. The van der Waals surface area contributed by atoms with Gasteiger partial charge in [-0.3, -0.25) is 4.79 Å². The average Bonchev–Trinajstić information content (AvgIpc) is 2.99. The molecule has 4 atom stereocenters. The molecule has 28 heavy (non-hydrogen) atoms. The second-order valence-corrected chi connectivity index (χ2v) is 7.92. The Morgan fingerprint density at radius 3 is 2.57 bits per heavy atom. The van der Waals surface area contributed by atoms with Crippen LogP contribution in [-0.2, 0) is 16.0 Å². The van der Waals surface area contributed by atoms with Crippen LogP contribution in [0.15, 0.2) is 54.2 Å². The van der Waals surface area contributed by atoms with Crippen molar-refractivity contribution >= 4 is 17.4 Å². The molecule has 0 aromatic heterocycles. The molecule has 2 aromatic carbocycles. The Kier molecular flexibility index (Phi) is 3.71. The minimum absolute atomic E-state index is 0.0292. The summed E-state index contributed by atoms with van der Waals surface area (Å²) in [5, 5.41) is 19.9. The third kappa shape index (κ3) is 2.23. The third-order valence-electron chi connectivity index (χ3n) is 6.42. The molecule has 1 amide bonds. The monoisotopic (exact) mass is 375 g/mol. The van der Waals surface area contributed by atoms with Crippen LogP contribution in [0.1, 0.15) is 24.5 Å². The lowest BCUT2D eigenvalue weighted by Crippen LogP contribution is -2.64. The summed E-state index contributed by atoms with van der Waals surface area (Å²) in [5.74, 6) is -1.89. The summed E-state index contributed by atoms with van der Waals surface area (Å²) in [4.78, 5) is 26.0. The number of carboxylic acids is 1. The number of hydrogen-bond acceptors (Lipinski definition) is 3. The highest BCUT2D eigenvalue weighted by atomic mass is 16.4. The van der Waals surface area contributed by atoms with Crippen LogP contribution in [-0.4, -0.2) is 39.1 Å². The number of nitrogens with zero attached hydrogens (tertiary/aromatic N) is 1. The molecule has 2 aliphatic heterocycles. The number of rotatable bonds is 3. The number of amides is 1. The molecule has 3 unspecified atom stereocenters. The molecule has 5 nitrogen and oxygen atoms in total. The zero-order valence-electron chi connectivity index (χ0n) is 15.5. The minimum Gasteiger partial charge on any atom is -0.477 e. The van der Waals surface area contributed by atoms with E-state index in [2.05, 4.69) is 18.2 Å². The molecule has 1 aliphatic carbocycles. The van der Waals surface area contributed by atoms with E-state index in [0.717, 1.165) is 40.7 Å². The maximum Gasteiger partial charge on any atom is 0.352 e. The van der Waals surface area contributed by atoms with Crippen molar-refractivity contribution in [3.05, 3.63) is 65.4 Å². The predicted octanol–water partition coefficient (Wildman–Crippen LogP) is 2.93. The number of β-lactam (4-membered cyclic amide) rings is 1. The second-order valence-electron chi connectivity index (χ2n) is 7.92. The highest BCUT2D eigenvalue weighted by Crippen LogP contribution is 2.54. The third-order valence-corrected chi connectivity index (χ3v) is 6.42. The maximum absolute atomic E-state index is 12.6. The van der Waals surface area contributed by atoms with E-state index in [1.807, 2.05) is 30.3 Å². The number of carbonyl (C=O) groups is 2. The van der Waals surface area contributed by atoms with Gasteiger partial charge in [0.05, 0.1) is 18.1 Å². The first-order chi connectivity index (χ1) is 13.5. The normalized spacial score (nSPS) is 26.3. The molecule has 0 radical (unpaired) electrons. The summed E-state index contributed by atoms with van der Waals surface area (Å²) >= 11 is 0. The summed E-state index contributed by atoms with van der Waals surface area (Å²) < 4.78 is 0. The Morgan fingerprint density at radius 1 is 1.14 bits per heavy atom. The molecule has 1 saturated heterocycles. The molecule has 2 heterocycles. The van der Waals surface area contributed by atoms with Crippen LogP contribution < -0.4 is 0 Å². The molecule has 5 heteroatoms. The Labute approximate surface area is 162 Å². The topological polar surface area (TPSA) is 77.8 Å². The van der Waals surface area contributed by atoms with E-state index in [-0.39, 0.29) is 23.6 Å². The molecule has 0 bridgehead atoms. The van der Waals surface area contributed by atoms with Crippen molar-refractivity contribution in [1.29, 1.82) is 0 Å². The number of carbonyl (C=O) groups excluding carboxylic acids is 1. The summed E-state index contributed by atoms with van der Waals surface area (Å²) in [6, 6.07) is 16.0. The van der Waals surface area contributed by atoms with Gasteiger partial charge in [0.15, 0.2) is 0 Å². The predicted molar refractivity (Wildman–Crippen MR) is 104 cm³/mol. The Bertz CT molecular complexity index is 1020. The molecule has 142 valence electrons. The summed E-state index contributed by atoms with van der Waals surface area (Å²) in [6.07, 6.45) is 0.849. The van der Waals surface area contributed by atoms with Crippen LogP contribution in [0, 0.1) is 11.8 Å². The smallest absolute Gasteiger partial charge is 0.352 e. The van der Waals surface area contributed by atoms with Gasteiger partial charge in [-0.05, 0) is 47.6 Å². The van der Waals surface area contributed by atoms with Crippen molar-refractivity contribution in [1.82, 2.24) is 4.90 Å².